The highest BCUT2D eigenvalue weighted by molar-refractivity contribution is 6.04. The Morgan fingerprint density at radius 2 is 1.83 bits per heavy atom. The molecule has 3 aliphatic rings. The van der Waals surface area contributed by atoms with Gasteiger partial charge in [-0.25, -0.2) is 10.0 Å². The normalized spacial score (nSPS) is 21.3. The maximum absolute atomic E-state index is 12.8. The number of carbonyl (C=O) groups is 2. The van der Waals surface area contributed by atoms with Gasteiger partial charge in [0.25, 0.3) is 5.91 Å². The number of amides is 2. The van der Waals surface area contributed by atoms with E-state index in [1.165, 1.54) is 5.56 Å². The Morgan fingerprint density at radius 1 is 1.08 bits per heavy atom. The predicted molar refractivity (Wildman–Crippen MR) is 140 cm³/mol. The van der Waals surface area contributed by atoms with Crippen molar-refractivity contribution in [3.05, 3.63) is 59.7 Å². The molecule has 0 radical (unpaired) electrons. The van der Waals surface area contributed by atoms with Crippen molar-refractivity contribution in [1.29, 1.82) is 0 Å². The summed E-state index contributed by atoms with van der Waals surface area (Å²) in [6.45, 7) is 8.88. The Morgan fingerprint density at radius 3 is 2.53 bits per heavy atom. The van der Waals surface area contributed by atoms with Crippen molar-refractivity contribution in [3.63, 3.8) is 0 Å². The summed E-state index contributed by atoms with van der Waals surface area (Å²) in [6.07, 6.45) is 3.19. The molecule has 2 aliphatic heterocycles. The van der Waals surface area contributed by atoms with Crippen molar-refractivity contribution in [2.24, 2.45) is 16.0 Å². The van der Waals surface area contributed by atoms with Crippen LogP contribution in [0.5, 0.6) is 5.75 Å². The maximum Gasteiger partial charge on any atom is 0.255 e. The van der Waals surface area contributed by atoms with Gasteiger partial charge in [-0.1, -0.05) is 39.0 Å². The number of carbonyl (C=O) groups excluding carboxylic acids is 2. The SMILES string of the molecule is CC1(NC(=O)C2CC2)CN2N=C(Oc3cccc(C(=O)Nc4ccc(C(C)(C)C)cc4)c3)CCC2=N1. The van der Waals surface area contributed by atoms with Crippen molar-refractivity contribution in [2.45, 2.75) is 64.5 Å². The lowest BCUT2D eigenvalue weighted by Crippen LogP contribution is -2.48. The van der Waals surface area contributed by atoms with Crippen LogP contribution >= 0.6 is 0 Å². The molecule has 2 N–H and O–H groups in total. The average molecular weight is 488 g/mol. The highest BCUT2D eigenvalue weighted by Crippen LogP contribution is 2.31. The van der Waals surface area contributed by atoms with Crippen LogP contribution in [0.25, 0.3) is 0 Å². The number of amidine groups is 1. The van der Waals surface area contributed by atoms with Gasteiger partial charge in [0.2, 0.25) is 11.8 Å². The summed E-state index contributed by atoms with van der Waals surface area (Å²) in [5.74, 6) is 1.96. The summed E-state index contributed by atoms with van der Waals surface area (Å²) in [5.41, 5.74) is 1.84. The number of ether oxygens (including phenoxy) is 1. The number of hydrazone groups is 1. The molecule has 0 spiro atoms. The summed E-state index contributed by atoms with van der Waals surface area (Å²) in [5, 5.41) is 12.4. The van der Waals surface area contributed by atoms with Gasteiger partial charge in [-0.05, 0) is 61.1 Å². The monoisotopic (exact) mass is 487 g/mol. The molecule has 2 aromatic carbocycles. The van der Waals surface area contributed by atoms with Gasteiger partial charge >= 0.3 is 0 Å². The molecular weight excluding hydrogens is 454 g/mol. The number of benzene rings is 2. The van der Waals surface area contributed by atoms with Crippen LogP contribution in [0.1, 0.15) is 69.3 Å². The van der Waals surface area contributed by atoms with Gasteiger partial charge in [0, 0.05) is 30.0 Å². The van der Waals surface area contributed by atoms with Crippen LogP contribution in [0.3, 0.4) is 0 Å². The van der Waals surface area contributed by atoms with E-state index in [0.717, 1.165) is 24.4 Å². The van der Waals surface area contributed by atoms with Gasteiger partial charge in [-0.2, -0.15) is 0 Å². The van der Waals surface area contributed by atoms with E-state index < -0.39 is 5.66 Å². The second-order valence-electron chi connectivity index (χ2n) is 11.0. The number of rotatable bonds is 5. The van der Waals surface area contributed by atoms with E-state index in [1.54, 1.807) is 18.2 Å². The number of fused-ring (bicyclic) bond motifs is 1. The molecule has 2 aromatic rings. The van der Waals surface area contributed by atoms with Crippen molar-refractivity contribution in [2.75, 3.05) is 11.9 Å². The molecule has 0 bridgehead atoms. The molecule has 1 unspecified atom stereocenters. The zero-order valence-corrected chi connectivity index (χ0v) is 21.3. The number of hydrogen-bond acceptors (Lipinski definition) is 6. The highest BCUT2D eigenvalue weighted by Gasteiger charge is 2.41. The smallest absolute Gasteiger partial charge is 0.255 e. The number of hydrogen-bond donors (Lipinski definition) is 2. The molecule has 1 aliphatic carbocycles. The third kappa shape index (κ3) is 5.42. The Balaban J connectivity index is 1.22. The average Bonchev–Trinajstić information content (AvgIpc) is 3.62. The number of nitrogens with one attached hydrogen (secondary N) is 2. The number of nitrogens with zero attached hydrogens (tertiary/aromatic N) is 3. The summed E-state index contributed by atoms with van der Waals surface area (Å²) < 4.78 is 6.04. The molecule has 1 atom stereocenters. The first-order chi connectivity index (χ1) is 17.1. The Kier molecular flexibility index (Phi) is 6.06. The van der Waals surface area contributed by atoms with Crippen molar-refractivity contribution >= 4 is 29.2 Å². The second kappa shape index (κ2) is 9.08. The fraction of sp³-hybridized carbons (Fsp3) is 0.429. The molecule has 5 rings (SSSR count). The summed E-state index contributed by atoms with van der Waals surface area (Å²) in [4.78, 5) is 29.8. The number of aliphatic imine (C=N–C) groups is 1. The van der Waals surface area contributed by atoms with Crippen LogP contribution in [0.15, 0.2) is 58.6 Å². The lowest BCUT2D eigenvalue weighted by Gasteiger charge is -2.25. The molecule has 0 saturated heterocycles. The molecule has 8 heteroatoms. The first-order valence-electron chi connectivity index (χ1n) is 12.5. The van der Waals surface area contributed by atoms with Crippen molar-refractivity contribution in [3.8, 4) is 5.75 Å². The van der Waals surface area contributed by atoms with Crippen molar-refractivity contribution < 1.29 is 14.3 Å². The van der Waals surface area contributed by atoms with Gasteiger partial charge < -0.3 is 15.4 Å². The molecular formula is C28H33N5O3. The highest BCUT2D eigenvalue weighted by atomic mass is 16.5. The van der Waals surface area contributed by atoms with Gasteiger partial charge in [0.1, 0.15) is 11.6 Å². The van der Waals surface area contributed by atoms with Gasteiger partial charge in [0.15, 0.2) is 5.66 Å². The summed E-state index contributed by atoms with van der Waals surface area (Å²) >= 11 is 0. The molecule has 1 saturated carbocycles. The van der Waals surface area contributed by atoms with E-state index in [1.807, 2.05) is 42.3 Å². The molecule has 2 heterocycles. The summed E-state index contributed by atoms with van der Waals surface area (Å²) in [6, 6.07) is 15.0. The molecule has 1 fully saturated rings. The molecule has 2 amide bonds. The number of anilines is 1. The molecule has 0 aromatic heterocycles. The van der Waals surface area contributed by atoms with Gasteiger partial charge in [0.05, 0.1) is 6.54 Å². The predicted octanol–water partition coefficient (Wildman–Crippen LogP) is 4.68. The van der Waals surface area contributed by atoms with Crippen LogP contribution in [-0.4, -0.2) is 40.8 Å². The zero-order valence-electron chi connectivity index (χ0n) is 21.3. The topological polar surface area (TPSA) is 95.4 Å². The van der Waals surface area contributed by atoms with Crippen LogP contribution in [-0.2, 0) is 10.2 Å². The second-order valence-corrected chi connectivity index (χ2v) is 11.0. The van der Waals surface area contributed by atoms with E-state index in [9.17, 15) is 9.59 Å². The van der Waals surface area contributed by atoms with E-state index in [-0.39, 0.29) is 23.1 Å². The first-order valence-corrected chi connectivity index (χ1v) is 12.5. The molecule has 8 nitrogen and oxygen atoms in total. The fourth-order valence-electron chi connectivity index (χ4n) is 4.39. The Labute approximate surface area is 211 Å². The van der Waals surface area contributed by atoms with Crippen LogP contribution in [0, 0.1) is 5.92 Å². The Hall–Kier alpha value is -3.68. The third-order valence-corrected chi connectivity index (χ3v) is 6.61. The lowest BCUT2D eigenvalue weighted by atomic mass is 9.87. The standard InChI is InChI=1S/C28H33N5O3/c1-27(2,3)20-10-12-21(13-11-20)29-25(34)19-6-5-7-22(16-19)36-24-15-14-23-30-28(4,17-33(23)32-24)31-26(35)18-8-9-18/h5-7,10-13,16,18H,8-9,14-15,17H2,1-4H3,(H,29,34)(H,31,35). The van der Waals surface area contributed by atoms with E-state index >= 15 is 0 Å². The Bertz CT molecular complexity index is 1240. The van der Waals surface area contributed by atoms with E-state index in [4.69, 9.17) is 9.73 Å². The summed E-state index contributed by atoms with van der Waals surface area (Å²) in [7, 11) is 0. The third-order valence-electron chi connectivity index (χ3n) is 6.61. The van der Waals surface area contributed by atoms with E-state index in [0.29, 0.717) is 36.6 Å². The molecule has 188 valence electrons. The van der Waals surface area contributed by atoms with E-state index in [2.05, 4.69) is 36.5 Å². The van der Waals surface area contributed by atoms with Gasteiger partial charge in [-0.3, -0.25) is 9.59 Å². The first kappa shape index (κ1) is 24.0. The minimum absolute atomic E-state index is 0.0564. The zero-order chi connectivity index (χ0) is 25.5. The lowest BCUT2D eigenvalue weighted by molar-refractivity contribution is -0.123. The van der Waals surface area contributed by atoms with Crippen LogP contribution in [0.2, 0.25) is 0 Å². The van der Waals surface area contributed by atoms with Crippen LogP contribution in [0.4, 0.5) is 5.69 Å². The minimum Gasteiger partial charge on any atom is -0.441 e. The largest absolute Gasteiger partial charge is 0.441 e. The van der Waals surface area contributed by atoms with Crippen LogP contribution < -0.4 is 15.4 Å². The quantitative estimate of drug-likeness (QED) is 0.640. The maximum atomic E-state index is 12.8. The van der Waals surface area contributed by atoms with Crippen molar-refractivity contribution in [1.82, 2.24) is 10.3 Å². The fourth-order valence-corrected chi connectivity index (χ4v) is 4.39. The molecule has 36 heavy (non-hydrogen) atoms. The minimum atomic E-state index is -0.670. The van der Waals surface area contributed by atoms with Gasteiger partial charge in [-0.15, -0.1) is 5.10 Å².